The molecular weight excluding hydrogens is 280 g/mol. The molecule has 0 saturated heterocycles. The molecule has 1 heterocycles. The van der Waals surface area contributed by atoms with Crippen molar-refractivity contribution in [2.45, 2.75) is 6.92 Å². The summed E-state index contributed by atoms with van der Waals surface area (Å²) in [7, 11) is 1.66. The maximum Gasteiger partial charge on any atom is 0.365 e. The van der Waals surface area contributed by atoms with Crippen LogP contribution in [0.25, 0.3) is 0 Å². The predicted octanol–water partition coefficient (Wildman–Crippen LogP) is 2.53. The molecule has 0 radical (unpaired) electrons. The minimum atomic E-state index is -0.587. The van der Waals surface area contributed by atoms with Crippen molar-refractivity contribution in [1.29, 1.82) is 0 Å². The lowest BCUT2D eigenvalue weighted by atomic mass is 10.1. The van der Waals surface area contributed by atoms with Crippen molar-refractivity contribution in [3.05, 3.63) is 65.2 Å². The van der Waals surface area contributed by atoms with E-state index in [0.717, 1.165) is 11.3 Å². The van der Waals surface area contributed by atoms with Gasteiger partial charge < -0.3 is 9.74 Å². The number of hydrogen-bond acceptors (Lipinski definition) is 4. The van der Waals surface area contributed by atoms with Gasteiger partial charge in [-0.25, -0.2) is 4.79 Å². The quantitative estimate of drug-likeness (QED) is 0.631. The van der Waals surface area contributed by atoms with E-state index >= 15 is 0 Å². The average molecular weight is 294 g/mol. The monoisotopic (exact) mass is 294 g/mol. The zero-order chi connectivity index (χ0) is 15.7. The first kappa shape index (κ1) is 14.0. The number of benzene rings is 2. The third kappa shape index (κ3) is 2.37. The summed E-state index contributed by atoms with van der Waals surface area (Å²) in [6.45, 7) is 1.88. The molecule has 0 atom stereocenters. The van der Waals surface area contributed by atoms with Gasteiger partial charge in [0.05, 0.1) is 11.3 Å². The Labute approximate surface area is 127 Å². The molecule has 0 spiro atoms. The first-order chi connectivity index (χ1) is 10.6. The smallest absolute Gasteiger partial charge is 0.312 e. The van der Waals surface area contributed by atoms with E-state index in [2.05, 4.69) is 5.16 Å². The topological polar surface area (TPSA) is 59.0 Å². The fourth-order valence-electron chi connectivity index (χ4n) is 2.35. The number of carbonyl (C=O) groups is 2. The van der Waals surface area contributed by atoms with Gasteiger partial charge in [-0.15, -0.1) is 0 Å². The fourth-order valence-corrected chi connectivity index (χ4v) is 2.35. The van der Waals surface area contributed by atoms with Crippen LogP contribution in [0.4, 0.5) is 5.69 Å². The first-order valence-corrected chi connectivity index (χ1v) is 6.81. The highest BCUT2D eigenvalue weighted by Gasteiger charge is 2.32. The molecule has 5 heteroatoms. The van der Waals surface area contributed by atoms with Gasteiger partial charge in [0.25, 0.3) is 5.91 Å². The number of oxime groups is 1. The highest BCUT2D eigenvalue weighted by molar-refractivity contribution is 6.54. The van der Waals surface area contributed by atoms with Crippen LogP contribution in [-0.4, -0.2) is 24.6 Å². The Kier molecular flexibility index (Phi) is 3.47. The van der Waals surface area contributed by atoms with Gasteiger partial charge in [0.1, 0.15) is 0 Å². The molecule has 0 aromatic heterocycles. The van der Waals surface area contributed by atoms with Gasteiger partial charge >= 0.3 is 5.97 Å². The van der Waals surface area contributed by atoms with Gasteiger partial charge in [-0.1, -0.05) is 41.1 Å². The fraction of sp³-hybridized carbons (Fsp3) is 0.118. The van der Waals surface area contributed by atoms with E-state index in [9.17, 15) is 9.59 Å². The van der Waals surface area contributed by atoms with Crippen molar-refractivity contribution in [3.63, 3.8) is 0 Å². The van der Waals surface area contributed by atoms with Gasteiger partial charge in [0, 0.05) is 12.6 Å². The summed E-state index contributed by atoms with van der Waals surface area (Å²) in [5.41, 5.74) is 2.89. The SMILES string of the molecule is Cc1cccc(C(=O)O/N=C2/C(=O)N(C)c3ccccc32)c1. The van der Waals surface area contributed by atoms with Crippen molar-refractivity contribution in [2.75, 3.05) is 11.9 Å². The summed E-state index contributed by atoms with van der Waals surface area (Å²) in [6.07, 6.45) is 0. The molecule has 0 bridgehead atoms. The molecule has 0 aliphatic carbocycles. The molecule has 0 N–H and O–H groups in total. The van der Waals surface area contributed by atoms with Crippen molar-refractivity contribution in [2.24, 2.45) is 5.16 Å². The van der Waals surface area contributed by atoms with Crippen LogP contribution in [0.1, 0.15) is 21.5 Å². The lowest BCUT2D eigenvalue weighted by Crippen LogP contribution is -2.25. The van der Waals surface area contributed by atoms with E-state index in [0.29, 0.717) is 11.1 Å². The molecule has 1 aliphatic heterocycles. The molecule has 22 heavy (non-hydrogen) atoms. The molecular formula is C17H14N2O3. The Balaban J connectivity index is 1.87. The minimum absolute atomic E-state index is 0.138. The van der Waals surface area contributed by atoms with E-state index in [4.69, 9.17) is 4.84 Å². The number of carbonyl (C=O) groups excluding carboxylic acids is 2. The zero-order valence-corrected chi connectivity index (χ0v) is 12.2. The third-order valence-corrected chi connectivity index (χ3v) is 3.50. The summed E-state index contributed by atoms with van der Waals surface area (Å²) in [4.78, 5) is 30.6. The molecule has 2 aromatic rings. The van der Waals surface area contributed by atoms with Gasteiger partial charge in [0.15, 0.2) is 5.71 Å². The standard InChI is InChI=1S/C17H14N2O3/c1-11-6-5-7-12(10-11)17(21)22-18-15-13-8-3-4-9-14(13)19(2)16(15)20/h3-10H,1-2H3/b18-15+. The molecule has 1 amide bonds. The second kappa shape index (κ2) is 5.44. The van der Waals surface area contributed by atoms with E-state index in [1.54, 1.807) is 31.3 Å². The Morgan fingerprint density at radius 1 is 1.14 bits per heavy atom. The number of fused-ring (bicyclic) bond motifs is 1. The number of nitrogens with zero attached hydrogens (tertiary/aromatic N) is 2. The average Bonchev–Trinajstić information content (AvgIpc) is 2.77. The number of anilines is 1. The number of rotatable bonds is 2. The summed E-state index contributed by atoms with van der Waals surface area (Å²) in [6, 6.07) is 14.2. The molecule has 0 saturated carbocycles. The van der Waals surface area contributed by atoms with Crippen LogP contribution in [0.3, 0.4) is 0 Å². The normalized spacial score (nSPS) is 15.1. The highest BCUT2D eigenvalue weighted by Crippen LogP contribution is 2.27. The third-order valence-electron chi connectivity index (χ3n) is 3.50. The first-order valence-electron chi connectivity index (χ1n) is 6.81. The maximum atomic E-state index is 12.2. The Morgan fingerprint density at radius 2 is 1.91 bits per heavy atom. The Morgan fingerprint density at radius 3 is 2.68 bits per heavy atom. The number of amides is 1. The van der Waals surface area contributed by atoms with Gasteiger partial charge in [-0.05, 0) is 25.1 Å². The lowest BCUT2D eigenvalue weighted by molar-refractivity contribution is -0.112. The molecule has 3 rings (SSSR count). The predicted molar refractivity (Wildman–Crippen MR) is 83.0 cm³/mol. The molecule has 0 fully saturated rings. The highest BCUT2D eigenvalue weighted by atomic mass is 16.7. The minimum Gasteiger partial charge on any atom is -0.312 e. The zero-order valence-electron chi connectivity index (χ0n) is 12.2. The maximum absolute atomic E-state index is 12.2. The van der Waals surface area contributed by atoms with E-state index < -0.39 is 5.97 Å². The van der Waals surface area contributed by atoms with Gasteiger partial charge in [0.2, 0.25) is 0 Å². The van der Waals surface area contributed by atoms with Crippen molar-refractivity contribution in [3.8, 4) is 0 Å². The van der Waals surface area contributed by atoms with Gasteiger partial charge in [-0.2, -0.15) is 0 Å². The van der Waals surface area contributed by atoms with Crippen molar-refractivity contribution >= 4 is 23.3 Å². The second-order valence-electron chi connectivity index (χ2n) is 5.07. The van der Waals surface area contributed by atoms with E-state index in [-0.39, 0.29) is 11.6 Å². The van der Waals surface area contributed by atoms with E-state index in [1.807, 2.05) is 31.2 Å². The van der Waals surface area contributed by atoms with E-state index in [1.165, 1.54) is 4.90 Å². The summed E-state index contributed by atoms with van der Waals surface area (Å²) in [5, 5.41) is 3.78. The largest absolute Gasteiger partial charge is 0.365 e. The van der Waals surface area contributed by atoms with Crippen LogP contribution >= 0.6 is 0 Å². The lowest BCUT2D eigenvalue weighted by Gasteiger charge is -2.07. The number of aryl methyl sites for hydroxylation is 1. The summed E-state index contributed by atoms with van der Waals surface area (Å²) >= 11 is 0. The number of para-hydroxylation sites is 1. The molecule has 2 aromatic carbocycles. The van der Waals surface area contributed by atoms with Gasteiger partial charge in [-0.3, -0.25) is 4.79 Å². The van der Waals surface area contributed by atoms with Crippen LogP contribution in [0.5, 0.6) is 0 Å². The number of likely N-dealkylation sites (N-methyl/N-ethyl adjacent to an activating group) is 1. The molecule has 0 unspecified atom stereocenters. The van der Waals surface area contributed by atoms with Crippen LogP contribution in [0, 0.1) is 6.92 Å². The van der Waals surface area contributed by atoms with Crippen molar-refractivity contribution in [1.82, 2.24) is 0 Å². The van der Waals surface area contributed by atoms with Crippen LogP contribution in [0.2, 0.25) is 0 Å². The van der Waals surface area contributed by atoms with Crippen molar-refractivity contribution < 1.29 is 14.4 Å². The molecule has 1 aliphatic rings. The summed E-state index contributed by atoms with van der Waals surface area (Å²) < 4.78 is 0. The van der Waals surface area contributed by atoms with Crippen LogP contribution in [-0.2, 0) is 9.63 Å². The Bertz CT molecular complexity index is 796. The number of hydrogen-bond donors (Lipinski definition) is 0. The van der Waals surface area contributed by atoms with Crippen LogP contribution < -0.4 is 4.90 Å². The Hall–Kier alpha value is -2.95. The molecule has 110 valence electrons. The summed E-state index contributed by atoms with van der Waals surface area (Å²) in [5.74, 6) is -0.880. The van der Waals surface area contributed by atoms with Crippen LogP contribution in [0.15, 0.2) is 53.7 Å². The second-order valence-corrected chi connectivity index (χ2v) is 5.07. The molecule has 5 nitrogen and oxygen atoms in total.